The van der Waals surface area contributed by atoms with Crippen molar-refractivity contribution in [3.8, 4) is 0 Å². The maximum Gasteiger partial charge on any atom is 0.273 e. The number of methoxy groups -OCH3 is 1. The molecule has 7 heteroatoms. The van der Waals surface area contributed by atoms with Gasteiger partial charge < -0.3 is 20.1 Å². The lowest BCUT2D eigenvalue weighted by molar-refractivity contribution is 0.0377. The van der Waals surface area contributed by atoms with Crippen LogP contribution >= 0.6 is 0 Å². The van der Waals surface area contributed by atoms with Crippen LogP contribution in [0.2, 0.25) is 0 Å². The van der Waals surface area contributed by atoms with Crippen LogP contribution in [0, 0.1) is 0 Å². The van der Waals surface area contributed by atoms with Crippen molar-refractivity contribution in [1.29, 1.82) is 0 Å². The van der Waals surface area contributed by atoms with E-state index in [2.05, 4.69) is 15.3 Å². The van der Waals surface area contributed by atoms with Crippen LogP contribution in [0.4, 0.5) is 5.82 Å². The van der Waals surface area contributed by atoms with Crippen molar-refractivity contribution in [2.45, 2.75) is 6.10 Å². The number of anilines is 1. The third-order valence-corrected chi connectivity index (χ3v) is 2.32. The number of likely N-dealkylation sites (N-methyl/N-ethyl adjacent to an activating group) is 1. The second-order valence-electron chi connectivity index (χ2n) is 3.83. The number of aliphatic hydroxyl groups excluding tert-OH is 1. The summed E-state index contributed by atoms with van der Waals surface area (Å²) in [6.07, 6.45) is 2.16. The molecule has 18 heavy (non-hydrogen) atoms. The van der Waals surface area contributed by atoms with Crippen molar-refractivity contribution < 1.29 is 14.6 Å². The van der Waals surface area contributed by atoms with Gasteiger partial charge in [0.15, 0.2) is 0 Å². The van der Waals surface area contributed by atoms with Gasteiger partial charge in [-0.05, 0) is 0 Å². The molecule has 0 aliphatic rings. The van der Waals surface area contributed by atoms with Gasteiger partial charge in [-0.2, -0.15) is 0 Å². The lowest BCUT2D eigenvalue weighted by Crippen LogP contribution is -2.36. The Bertz CT molecular complexity index is 382. The number of amides is 1. The highest BCUT2D eigenvalue weighted by atomic mass is 16.5. The Morgan fingerprint density at radius 1 is 1.56 bits per heavy atom. The third kappa shape index (κ3) is 3.94. The Morgan fingerprint density at radius 2 is 2.28 bits per heavy atom. The van der Waals surface area contributed by atoms with E-state index < -0.39 is 6.10 Å². The molecule has 0 saturated carbocycles. The fraction of sp³-hybridized carbons (Fsp3) is 0.545. The smallest absolute Gasteiger partial charge is 0.273 e. The van der Waals surface area contributed by atoms with E-state index in [9.17, 15) is 9.90 Å². The molecule has 1 aromatic rings. The summed E-state index contributed by atoms with van der Waals surface area (Å²) in [5.74, 6) is 0.300. The molecule has 0 spiro atoms. The van der Waals surface area contributed by atoms with Gasteiger partial charge in [0.2, 0.25) is 0 Å². The minimum atomic E-state index is -0.714. The molecule has 7 nitrogen and oxygen atoms in total. The number of ether oxygens (including phenoxy) is 1. The summed E-state index contributed by atoms with van der Waals surface area (Å²) in [6.45, 7) is 0.365. The molecule has 0 bridgehead atoms. The van der Waals surface area contributed by atoms with Crippen molar-refractivity contribution >= 4 is 11.7 Å². The summed E-state index contributed by atoms with van der Waals surface area (Å²) < 4.78 is 4.80. The van der Waals surface area contributed by atoms with Crippen LogP contribution < -0.4 is 5.32 Å². The topological polar surface area (TPSA) is 87.6 Å². The molecular weight excluding hydrogens is 236 g/mol. The van der Waals surface area contributed by atoms with Gasteiger partial charge in [-0.1, -0.05) is 0 Å². The molecule has 1 unspecified atom stereocenters. The molecule has 0 aliphatic heterocycles. The summed E-state index contributed by atoms with van der Waals surface area (Å²) in [5.41, 5.74) is 0.237. The number of hydrogen-bond acceptors (Lipinski definition) is 6. The van der Waals surface area contributed by atoms with E-state index in [-0.39, 0.29) is 24.8 Å². The second kappa shape index (κ2) is 6.87. The van der Waals surface area contributed by atoms with Crippen LogP contribution in [0.1, 0.15) is 10.5 Å². The van der Waals surface area contributed by atoms with E-state index in [0.29, 0.717) is 5.82 Å². The number of aromatic nitrogens is 2. The Hall–Kier alpha value is -1.73. The summed E-state index contributed by atoms with van der Waals surface area (Å²) in [4.78, 5) is 21.3. The van der Waals surface area contributed by atoms with Gasteiger partial charge in [-0.25, -0.2) is 9.97 Å². The first-order valence-electron chi connectivity index (χ1n) is 5.50. The highest BCUT2D eigenvalue weighted by Crippen LogP contribution is 2.03. The maximum absolute atomic E-state index is 11.9. The molecule has 0 aliphatic carbocycles. The molecule has 0 fully saturated rings. The van der Waals surface area contributed by atoms with Crippen LogP contribution in [0.5, 0.6) is 0 Å². The van der Waals surface area contributed by atoms with Crippen molar-refractivity contribution in [3.05, 3.63) is 18.1 Å². The monoisotopic (exact) mass is 254 g/mol. The lowest BCUT2D eigenvalue weighted by Gasteiger charge is -2.19. The lowest BCUT2D eigenvalue weighted by atomic mass is 10.3. The number of aliphatic hydroxyl groups is 1. The predicted molar refractivity (Wildman–Crippen MR) is 66.4 cm³/mol. The molecule has 100 valence electrons. The van der Waals surface area contributed by atoms with Gasteiger partial charge in [0, 0.05) is 27.7 Å². The average Bonchev–Trinajstić information content (AvgIpc) is 2.38. The Labute approximate surface area is 106 Å². The van der Waals surface area contributed by atoms with Crippen molar-refractivity contribution in [3.63, 3.8) is 0 Å². The highest BCUT2D eigenvalue weighted by molar-refractivity contribution is 5.91. The molecule has 1 amide bonds. The van der Waals surface area contributed by atoms with E-state index in [0.717, 1.165) is 0 Å². The quantitative estimate of drug-likeness (QED) is 0.718. The summed E-state index contributed by atoms with van der Waals surface area (Å²) in [5, 5.41) is 12.3. The molecular formula is C11H18N4O3. The number of nitrogens with one attached hydrogen (secondary N) is 1. The first-order chi connectivity index (χ1) is 8.58. The van der Waals surface area contributed by atoms with Gasteiger partial charge >= 0.3 is 0 Å². The molecule has 1 aromatic heterocycles. The second-order valence-corrected chi connectivity index (χ2v) is 3.83. The average molecular weight is 254 g/mol. The number of rotatable bonds is 6. The summed E-state index contributed by atoms with van der Waals surface area (Å²) in [6, 6.07) is 0. The van der Waals surface area contributed by atoms with E-state index in [1.807, 2.05) is 0 Å². The summed E-state index contributed by atoms with van der Waals surface area (Å²) >= 11 is 0. The van der Waals surface area contributed by atoms with Gasteiger partial charge in [0.05, 0.1) is 25.1 Å². The Morgan fingerprint density at radius 3 is 2.78 bits per heavy atom. The van der Waals surface area contributed by atoms with Crippen LogP contribution in [0.25, 0.3) is 0 Å². The SMILES string of the molecule is CNc1cnc(C(=O)N(C)CC(O)COC)cn1. The number of carbonyl (C=O) groups excluding carboxylic acids is 1. The van der Waals surface area contributed by atoms with Gasteiger partial charge in [-0.15, -0.1) is 0 Å². The molecule has 0 radical (unpaired) electrons. The fourth-order valence-corrected chi connectivity index (χ4v) is 1.41. The minimum Gasteiger partial charge on any atom is -0.389 e. The normalized spacial score (nSPS) is 12.0. The van der Waals surface area contributed by atoms with Crippen molar-refractivity contribution in [2.24, 2.45) is 0 Å². The fourth-order valence-electron chi connectivity index (χ4n) is 1.41. The predicted octanol–water partition coefficient (Wildman–Crippen LogP) is -0.402. The van der Waals surface area contributed by atoms with Crippen molar-refractivity contribution in [1.82, 2.24) is 14.9 Å². The third-order valence-electron chi connectivity index (χ3n) is 2.32. The first-order valence-corrected chi connectivity index (χ1v) is 5.50. The number of nitrogens with zero attached hydrogens (tertiary/aromatic N) is 3. The molecule has 2 N–H and O–H groups in total. The number of hydrogen-bond donors (Lipinski definition) is 2. The van der Waals surface area contributed by atoms with Crippen LogP contribution in [0.15, 0.2) is 12.4 Å². The van der Waals surface area contributed by atoms with E-state index in [1.165, 1.54) is 24.4 Å². The molecule has 1 heterocycles. The summed E-state index contributed by atoms with van der Waals surface area (Å²) in [7, 11) is 4.81. The van der Waals surface area contributed by atoms with Crippen molar-refractivity contribution in [2.75, 3.05) is 39.7 Å². The molecule has 1 rings (SSSR count). The maximum atomic E-state index is 11.9. The molecule has 1 atom stereocenters. The van der Waals surface area contributed by atoms with Crippen LogP contribution in [0.3, 0.4) is 0 Å². The highest BCUT2D eigenvalue weighted by Gasteiger charge is 2.16. The Kier molecular flexibility index (Phi) is 5.47. The molecule has 0 aromatic carbocycles. The van der Waals surface area contributed by atoms with E-state index in [4.69, 9.17) is 4.74 Å². The van der Waals surface area contributed by atoms with Gasteiger partial charge in [0.1, 0.15) is 11.5 Å². The van der Waals surface area contributed by atoms with E-state index in [1.54, 1.807) is 14.1 Å². The standard InChI is InChI=1S/C11H18N4O3/c1-12-10-5-13-9(4-14-10)11(17)15(2)6-8(16)7-18-3/h4-5,8,16H,6-7H2,1-3H3,(H,12,14). The first kappa shape index (κ1) is 14.3. The zero-order valence-electron chi connectivity index (χ0n) is 10.8. The Balaban J connectivity index is 2.62. The zero-order valence-corrected chi connectivity index (χ0v) is 10.8. The largest absolute Gasteiger partial charge is 0.389 e. The van der Waals surface area contributed by atoms with Gasteiger partial charge in [0.25, 0.3) is 5.91 Å². The number of carbonyl (C=O) groups is 1. The van der Waals surface area contributed by atoms with Crippen LogP contribution in [-0.4, -0.2) is 66.3 Å². The molecule has 0 saturated heterocycles. The van der Waals surface area contributed by atoms with E-state index >= 15 is 0 Å². The van der Waals surface area contributed by atoms with Gasteiger partial charge in [-0.3, -0.25) is 4.79 Å². The zero-order chi connectivity index (χ0) is 13.5. The minimum absolute atomic E-state index is 0.183. The van der Waals surface area contributed by atoms with Crippen LogP contribution in [-0.2, 0) is 4.74 Å².